The Labute approximate surface area is 126 Å². The second-order valence-corrected chi connectivity index (χ2v) is 6.27. The van der Waals surface area contributed by atoms with Crippen molar-refractivity contribution in [1.82, 2.24) is 9.36 Å². The van der Waals surface area contributed by atoms with Crippen LogP contribution in [0.15, 0.2) is 17.5 Å². The van der Waals surface area contributed by atoms with E-state index in [1.165, 1.54) is 16.4 Å². The summed E-state index contributed by atoms with van der Waals surface area (Å²) in [5.41, 5.74) is 0. The molecule has 7 heteroatoms. The van der Waals surface area contributed by atoms with Crippen LogP contribution >= 0.6 is 22.9 Å². The van der Waals surface area contributed by atoms with Crippen molar-refractivity contribution in [2.24, 2.45) is 0 Å². The van der Waals surface area contributed by atoms with Crippen LogP contribution < -0.4 is 4.90 Å². The van der Waals surface area contributed by atoms with Crippen LogP contribution in [0.3, 0.4) is 0 Å². The number of hydrogen-bond donors (Lipinski definition) is 0. The van der Waals surface area contributed by atoms with Crippen molar-refractivity contribution in [2.45, 2.75) is 12.5 Å². The predicted octanol–water partition coefficient (Wildman–Crippen LogP) is 2.37. The minimum Gasteiger partial charge on any atom is -0.384 e. The van der Waals surface area contributed by atoms with E-state index in [0.717, 1.165) is 37.1 Å². The average molecular weight is 311 g/mol. The molecule has 0 bridgehead atoms. The van der Waals surface area contributed by atoms with E-state index in [2.05, 4.69) is 31.8 Å². The van der Waals surface area contributed by atoms with Gasteiger partial charge in [-0.15, -0.1) is 11.3 Å². The number of nitrogens with zero attached hydrogens (tertiary/aromatic N) is 3. The predicted molar refractivity (Wildman–Crippen MR) is 80.7 cm³/mol. The van der Waals surface area contributed by atoms with Crippen LogP contribution in [0.4, 0.5) is 5.13 Å². The molecule has 5 nitrogen and oxygen atoms in total. The lowest BCUT2D eigenvalue weighted by atomic mass is 10.2. The molecule has 3 heterocycles. The molecule has 1 aliphatic rings. The van der Waals surface area contributed by atoms with Crippen LogP contribution in [-0.4, -0.2) is 42.8 Å². The van der Waals surface area contributed by atoms with Crippen molar-refractivity contribution in [3.8, 4) is 0 Å². The van der Waals surface area contributed by atoms with Gasteiger partial charge in [-0.1, -0.05) is 6.07 Å². The van der Waals surface area contributed by atoms with E-state index in [0.29, 0.717) is 6.61 Å². The molecule has 0 N–H and O–H groups in total. The molecule has 0 saturated carbocycles. The van der Waals surface area contributed by atoms with E-state index < -0.39 is 0 Å². The van der Waals surface area contributed by atoms with Crippen molar-refractivity contribution in [1.29, 1.82) is 0 Å². The quantitative estimate of drug-likeness (QED) is 0.848. The summed E-state index contributed by atoms with van der Waals surface area (Å²) < 4.78 is 15.3. The Hall–Kier alpha value is -1.02. The normalized spacial score (nSPS) is 19.4. The van der Waals surface area contributed by atoms with E-state index in [1.54, 1.807) is 18.4 Å². The largest absolute Gasteiger partial charge is 0.384 e. The molecule has 1 aliphatic heterocycles. The van der Waals surface area contributed by atoms with Crippen LogP contribution in [0.5, 0.6) is 0 Å². The molecule has 0 radical (unpaired) electrons. The maximum absolute atomic E-state index is 5.85. The highest BCUT2D eigenvalue weighted by molar-refractivity contribution is 7.10. The first-order valence-corrected chi connectivity index (χ1v) is 8.23. The third-order valence-electron chi connectivity index (χ3n) is 3.18. The molecular formula is C13H17N3O2S2. The third kappa shape index (κ3) is 3.17. The van der Waals surface area contributed by atoms with Crippen LogP contribution in [0.25, 0.3) is 0 Å². The highest BCUT2D eigenvalue weighted by Crippen LogP contribution is 2.29. The summed E-state index contributed by atoms with van der Waals surface area (Å²) in [6, 6.07) is 4.19. The smallest absolute Gasteiger partial charge is 0.205 e. The van der Waals surface area contributed by atoms with Crippen LogP contribution in [0, 0.1) is 0 Å². The van der Waals surface area contributed by atoms with Gasteiger partial charge in [0.15, 0.2) is 0 Å². The van der Waals surface area contributed by atoms with Crippen molar-refractivity contribution in [3.05, 3.63) is 28.2 Å². The molecule has 20 heavy (non-hydrogen) atoms. The molecule has 0 aliphatic carbocycles. The van der Waals surface area contributed by atoms with E-state index >= 15 is 0 Å². The minimum atomic E-state index is 0.148. The van der Waals surface area contributed by atoms with Crippen LogP contribution in [-0.2, 0) is 15.9 Å². The lowest BCUT2D eigenvalue weighted by Gasteiger charge is -2.31. The molecule has 3 rings (SSSR count). The van der Waals surface area contributed by atoms with Gasteiger partial charge in [-0.05, 0) is 11.4 Å². The Kier molecular flexibility index (Phi) is 4.62. The zero-order chi connectivity index (χ0) is 13.8. The Morgan fingerprint density at radius 1 is 1.55 bits per heavy atom. The summed E-state index contributed by atoms with van der Waals surface area (Å²) in [7, 11) is 1.70. The lowest BCUT2D eigenvalue weighted by Crippen LogP contribution is -2.38. The summed E-state index contributed by atoms with van der Waals surface area (Å²) in [5, 5.41) is 3.08. The maximum Gasteiger partial charge on any atom is 0.205 e. The molecule has 1 fully saturated rings. The number of ether oxygens (including phenoxy) is 2. The summed E-state index contributed by atoms with van der Waals surface area (Å²) in [6.45, 7) is 3.12. The number of hydrogen-bond acceptors (Lipinski definition) is 7. The average Bonchev–Trinajstić information content (AvgIpc) is 3.17. The third-order valence-corrected chi connectivity index (χ3v) is 4.96. The minimum absolute atomic E-state index is 0.148. The number of thiophene rings is 1. The van der Waals surface area contributed by atoms with Gasteiger partial charge in [-0.3, -0.25) is 0 Å². The van der Waals surface area contributed by atoms with Gasteiger partial charge >= 0.3 is 0 Å². The fourth-order valence-electron chi connectivity index (χ4n) is 2.14. The molecule has 2 aromatic rings. The molecule has 0 aromatic carbocycles. The molecule has 1 unspecified atom stereocenters. The van der Waals surface area contributed by atoms with Crippen LogP contribution in [0.1, 0.15) is 16.8 Å². The molecule has 108 valence electrons. The zero-order valence-electron chi connectivity index (χ0n) is 11.3. The van der Waals surface area contributed by atoms with E-state index in [9.17, 15) is 0 Å². The Morgan fingerprint density at radius 2 is 2.50 bits per heavy atom. The second-order valence-electron chi connectivity index (χ2n) is 4.56. The molecule has 1 atom stereocenters. The number of morpholine rings is 1. The fourth-order valence-corrected chi connectivity index (χ4v) is 3.65. The van der Waals surface area contributed by atoms with Crippen molar-refractivity contribution >= 4 is 28.0 Å². The van der Waals surface area contributed by atoms with Gasteiger partial charge in [0.2, 0.25) is 5.13 Å². The Morgan fingerprint density at radius 3 is 3.30 bits per heavy atom. The van der Waals surface area contributed by atoms with Gasteiger partial charge in [0.25, 0.3) is 0 Å². The topological polar surface area (TPSA) is 47.5 Å². The zero-order valence-corrected chi connectivity index (χ0v) is 13.0. The summed E-state index contributed by atoms with van der Waals surface area (Å²) in [4.78, 5) is 8.13. The highest BCUT2D eigenvalue weighted by atomic mass is 32.1. The first-order chi connectivity index (χ1) is 9.86. The van der Waals surface area contributed by atoms with Gasteiger partial charge in [-0.25, -0.2) is 4.98 Å². The monoisotopic (exact) mass is 311 g/mol. The van der Waals surface area contributed by atoms with Gasteiger partial charge in [0.05, 0.1) is 19.8 Å². The molecule has 0 amide bonds. The first-order valence-electron chi connectivity index (χ1n) is 6.58. The van der Waals surface area contributed by atoms with Gasteiger partial charge in [0.1, 0.15) is 11.9 Å². The standard InChI is InChI=1S/C13H17N3O2S2/c1-17-6-4-12-14-13(20-15-12)16-5-7-18-10(9-16)11-3-2-8-19-11/h2-3,8,10H,4-7,9H2,1H3. The number of methoxy groups -OCH3 is 1. The van der Waals surface area contributed by atoms with Crippen molar-refractivity contribution in [3.63, 3.8) is 0 Å². The van der Waals surface area contributed by atoms with E-state index in [4.69, 9.17) is 9.47 Å². The molecular weight excluding hydrogens is 294 g/mol. The Bertz CT molecular complexity index is 529. The van der Waals surface area contributed by atoms with Gasteiger partial charge in [-0.2, -0.15) is 4.37 Å². The Balaban J connectivity index is 1.66. The summed E-state index contributed by atoms with van der Waals surface area (Å²) in [6.07, 6.45) is 0.918. The SMILES string of the molecule is COCCc1nsc(N2CCOC(c3cccs3)C2)n1. The molecule has 1 saturated heterocycles. The highest BCUT2D eigenvalue weighted by Gasteiger charge is 2.24. The van der Waals surface area contributed by atoms with E-state index in [-0.39, 0.29) is 6.10 Å². The lowest BCUT2D eigenvalue weighted by molar-refractivity contribution is 0.0421. The van der Waals surface area contributed by atoms with Gasteiger partial charge < -0.3 is 14.4 Å². The summed E-state index contributed by atoms with van der Waals surface area (Å²) >= 11 is 3.21. The molecule has 0 spiro atoms. The van der Waals surface area contributed by atoms with Gasteiger partial charge in [0, 0.05) is 36.5 Å². The van der Waals surface area contributed by atoms with Crippen LogP contribution in [0.2, 0.25) is 0 Å². The first kappa shape index (κ1) is 13.9. The molecule has 2 aromatic heterocycles. The number of aromatic nitrogens is 2. The maximum atomic E-state index is 5.85. The van der Waals surface area contributed by atoms with Crippen molar-refractivity contribution in [2.75, 3.05) is 38.3 Å². The number of anilines is 1. The second kappa shape index (κ2) is 6.62. The van der Waals surface area contributed by atoms with Crippen molar-refractivity contribution < 1.29 is 9.47 Å². The number of rotatable bonds is 5. The fraction of sp³-hybridized carbons (Fsp3) is 0.538. The van der Waals surface area contributed by atoms with E-state index in [1.807, 2.05) is 0 Å². The summed E-state index contributed by atoms with van der Waals surface area (Å²) in [5.74, 6) is 0.867.